The van der Waals surface area contributed by atoms with Gasteiger partial charge in [0.05, 0.1) is 29.4 Å². The lowest BCUT2D eigenvalue weighted by atomic mass is 9.99. The zero-order valence-electron chi connectivity index (χ0n) is 16.4. The first-order chi connectivity index (χ1) is 13.4. The number of carbonyl (C=O) groups is 1. The van der Waals surface area contributed by atoms with Gasteiger partial charge in [0, 0.05) is 0 Å². The average Bonchev–Trinajstić information content (AvgIpc) is 2.77. The van der Waals surface area contributed by atoms with Gasteiger partial charge in [-0.2, -0.15) is 0 Å². The van der Waals surface area contributed by atoms with Crippen molar-refractivity contribution in [1.82, 2.24) is 0 Å². The van der Waals surface area contributed by atoms with Crippen LogP contribution in [0.15, 0.2) is 54.6 Å². The van der Waals surface area contributed by atoms with Gasteiger partial charge < -0.3 is 0 Å². The molecule has 0 spiro atoms. The minimum atomic E-state index is -1.64. The minimum absolute atomic E-state index is 0.748. The molecule has 2 aromatic carbocycles. The first-order valence-corrected chi connectivity index (χ1v) is 12.8. The number of hydrogen-bond acceptors (Lipinski definition) is 1. The molecule has 0 N–H and O–H groups in total. The summed E-state index contributed by atoms with van der Waals surface area (Å²) in [7, 11) is -1.64. The fourth-order valence-corrected chi connectivity index (χ4v) is 12.2. The van der Waals surface area contributed by atoms with E-state index in [-0.39, 0.29) is 0 Å². The number of hydrogen-bond donors (Lipinski definition) is 0. The summed E-state index contributed by atoms with van der Waals surface area (Å²) < 4.78 is 0. The first kappa shape index (κ1) is 18.9. The Morgan fingerprint density at radius 3 is 1.74 bits per heavy atom. The standard InChI is InChI=1S/C25H32OP/c26-20-21-12-10-11-19-25(21)27(22-13-4-1-5-14-22,23-15-6-2-7-16-23)24-17-8-3-9-18-24/h1,4-5,10-14,19-20,23-24H,2-3,6-9,15-18H2/q+1. The molecule has 2 fully saturated rings. The van der Waals surface area contributed by atoms with E-state index in [2.05, 4.69) is 48.5 Å². The summed E-state index contributed by atoms with van der Waals surface area (Å²) in [5.74, 6) is 0. The van der Waals surface area contributed by atoms with Crippen LogP contribution in [-0.2, 0) is 0 Å². The van der Waals surface area contributed by atoms with Crippen molar-refractivity contribution >= 4 is 24.2 Å². The predicted octanol–water partition coefficient (Wildman–Crippen LogP) is 6.13. The van der Waals surface area contributed by atoms with Gasteiger partial charge in [-0.15, -0.1) is 0 Å². The largest absolute Gasteiger partial charge is 0.298 e. The first-order valence-electron chi connectivity index (χ1n) is 10.9. The van der Waals surface area contributed by atoms with Crippen molar-refractivity contribution in [3.8, 4) is 0 Å². The van der Waals surface area contributed by atoms with E-state index in [0.717, 1.165) is 23.2 Å². The van der Waals surface area contributed by atoms with E-state index in [1.54, 1.807) is 5.30 Å². The van der Waals surface area contributed by atoms with Crippen LogP contribution < -0.4 is 10.6 Å². The second-order valence-corrected chi connectivity index (χ2v) is 12.4. The highest BCUT2D eigenvalue weighted by molar-refractivity contribution is 7.90. The van der Waals surface area contributed by atoms with Crippen LogP contribution in [0.1, 0.15) is 74.6 Å². The molecule has 2 aliphatic rings. The van der Waals surface area contributed by atoms with Gasteiger partial charge in [-0.05, 0) is 75.6 Å². The molecule has 0 amide bonds. The summed E-state index contributed by atoms with van der Waals surface area (Å²) >= 11 is 0. The summed E-state index contributed by atoms with van der Waals surface area (Å²) in [4.78, 5) is 12.1. The normalized spacial score (nSPS) is 19.7. The van der Waals surface area contributed by atoms with E-state index < -0.39 is 7.26 Å². The highest BCUT2D eigenvalue weighted by Gasteiger charge is 2.56. The second kappa shape index (κ2) is 8.70. The highest BCUT2D eigenvalue weighted by atomic mass is 31.2. The topological polar surface area (TPSA) is 17.1 Å². The quantitative estimate of drug-likeness (QED) is 0.451. The van der Waals surface area contributed by atoms with Gasteiger partial charge in [-0.25, -0.2) is 0 Å². The molecule has 0 aliphatic heterocycles. The van der Waals surface area contributed by atoms with Gasteiger partial charge in [-0.3, -0.25) is 4.79 Å². The number of benzene rings is 2. The molecule has 27 heavy (non-hydrogen) atoms. The van der Waals surface area contributed by atoms with Crippen molar-refractivity contribution in [2.24, 2.45) is 0 Å². The number of rotatable bonds is 5. The number of carbonyl (C=O) groups excluding carboxylic acids is 1. The predicted molar refractivity (Wildman–Crippen MR) is 118 cm³/mol. The van der Waals surface area contributed by atoms with Crippen LogP contribution in [0, 0.1) is 0 Å². The molecule has 0 aromatic heterocycles. The van der Waals surface area contributed by atoms with Crippen molar-refractivity contribution < 1.29 is 4.79 Å². The molecular weight excluding hydrogens is 347 g/mol. The third kappa shape index (κ3) is 3.52. The molecule has 0 unspecified atom stereocenters. The molecule has 0 saturated heterocycles. The van der Waals surface area contributed by atoms with Crippen LogP contribution in [0.5, 0.6) is 0 Å². The van der Waals surface area contributed by atoms with E-state index >= 15 is 0 Å². The van der Waals surface area contributed by atoms with Crippen LogP contribution in [0.4, 0.5) is 0 Å². The van der Waals surface area contributed by atoms with Crippen LogP contribution in [-0.4, -0.2) is 17.6 Å². The van der Waals surface area contributed by atoms with E-state index in [9.17, 15) is 4.79 Å². The Bertz CT molecular complexity index is 724. The summed E-state index contributed by atoms with van der Waals surface area (Å²) in [6.45, 7) is 0. The van der Waals surface area contributed by atoms with Gasteiger partial charge >= 0.3 is 0 Å². The summed E-state index contributed by atoms with van der Waals surface area (Å²) in [5.41, 5.74) is 2.45. The maximum Gasteiger partial charge on any atom is 0.154 e. The molecule has 2 heteroatoms. The molecule has 1 nitrogen and oxygen atoms in total. The summed E-state index contributed by atoms with van der Waals surface area (Å²) in [6, 6.07) is 19.9. The maximum absolute atomic E-state index is 12.1. The Morgan fingerprint density at radius 1 is 0.667 bits per heavy atom. The van der Waals surface area contributed by atoms with Crippen LogP contribution in [0.25, 0.3) is 0 Å². The Balaban J connectivity index is 1.97. The lowest BCUT2D eigenvalue weighted by molar-refractivity contribution is 0.112. The molecule has 0 bridgehead atoms. The fourth-order valence-electron chi connectivity index (χ4n) is 5.83. The summed E-state index contributed by atoms with van der Waals surface area (Å²) in [5, 5.41) is 2.96. The molecule has 0 heterocycles. The van der Waals surface area contributed by atoms with Gasteiger partial charge in [0.15, 0.2) is 6.29 Å². The Kier molecular flexibility index (Phi) is 6.08. The van der Waals surface area contributed by atoms with Gasteiger partial charge in [-0.1, -0.05) is 43.2 Å². The van der Waals surface area contributed by atoms with Crippen molar-refractivity contribution in [3.05, 3.63) is 60.2 Å². The molecule has 142 valence electrons. The molecule has 2 aromatic rings. The van der Waals surface area contributed by atoms with Crippen molar-refractivity contribution in [3.63, 3.8) is 0 Å². The fraction of sp³-hybridized carbons (Fsp3) is 0.480. The van der Waals surface area contributed by atoms with Crippen molar-refractivity contribution in [1.29, 1.82) is 0 Å². The lowest BCUT2D eigenvalue weighted by Gasteiger charge is -2.43. The second-order valence-electron chi connectivity index (χ2n) is 8.37. The molecule has 2 saturated carbocycles. The SMILES string of the molecule is O=Cc1ccccc1[P+](c1ccccc1)(C1CCCCC1)C1CCCCC1. The lowest BCUT2D eigenvalue weighted by Crippen LogP contribution is -2.41. The minimum Gasteiger partial charge on any atom is -0.298 e. The van der Waals surface area contributed by atoms with Gasteiger partial charge in [0.2, 0.25) is 0 Å². The van der Waals surface area contributed by atoms with Crippen molar-refractivity contribution in [2.75, 3.05) is 0 Å². The Morgan fingerprint density at radius 2 is 1.19 bits per heavy atom. The van der Waals surface area contributed by atoms with Crippen LogP contribution in [0.3, 0.4) is 0 Å². The molecular formula is C25H32OP+. The van der Waals surface area contributed by atoms with E-state index in [4.69, 9.17) is 0 Å². The van der Waals surface area contributed by atoms with Crippen LogP contribution >= 0.6 is 7.26 Å². The zero-order chi connectivity index (χ0) is 18.5. The third-order valence-corrected chi connectivity index (χ3v) is 12.6. The molecule has 2 aliphatic carbocycles. The van der Waals surface area contributed by atoms with E-state index in [1.807, 2.05) is 6.07 Å². The molecule has 0 radical (unpaired) electrons. The highest BCUT2D eigenvalue weighted by Crippen LogP contribution is 2.70. The average molecular weight is 380 g/mol. The maximum atomic E-state index is 12.1. The van der Waals surface area contributed by atoms with E-state index in [1.165, 1.54) is 69.5 Å². The zero-order valence-corrected chi connectivity index (χ0v) is 17.2. The molecule has 0 atom stereocenters. The Hall–Kier alpha value is -1.46. The van der Waals surface area contributed by atoms with Crippen molar-refractivity contribution in [2.45, 2.75) is 75.5 Å². The Labute approximate surface area is 164 Å². The number of aldehydes is 1. The summed E-state index contributed by atoms with van der Waals surface area (Å²) in [6.07, 6.45) is 14.7. The third-order valence-electron chi connectivity index (χ3n) is 6.95. The monoisotopic (exact) mass is 379 g/mol. The van der Waals surface area contributed by atoms with Gasteiger partial charge in [0.1, 0.15) is 5.30 Å². The van der Waals surface area contributed by atoms with E-state index in [0.29, 0.717) is 0 Å². The van der Waals surface area contributed by atoms with Gasteiger partial charge in [0.25, 0.3) is 0 Å². The molecule has 4 rings (SSSR count). The smallest absolute Gasteiger partial charge is 0.154 e. The van der Waals surface area contributed by atoms with Crippen LogP contribution in [0.2, 0.25) is 0 Å².